The van der Waals surface area contributed by atoms with Crippen molar-refractivity contribution >= 4 is 56.9 Å². The highest BCUT2D eigenvalue weighted by atomic mass is 35.6. The Hall–Kier alpha value is -1.29. The number of pyridine rings is 1. The number of nitrogens with zero attached hydrogens (tertiary/aromatic N) is 1. The number of rotatable bonds is 0. The minimum absolute atomic E-state index is 0.153. The molecule has 0 atom stereocenters. The summed E-state index contributed by atoms with van der Waals surface area (Å²) in [6, 6.07) is 8.06. The van der Waals surface area contributed by atoms with Crippen LogP contribution >= 0.6 is 34.8 Å². The number of halogens is 3. The Balaban J connectivity index is 2.42. The number of fused-ring (bicyclic) bond motifs is 2. The van der Waals surface area contributed by atoms with Crippen molar-refractivity contribution < 1.29 is 4.42 Å². The lowest BCUT2D eigenvalue weighted by Gasteiger charge is -2.11. The van der Waals surface area contributed by atoms with Gasteiger partial charge in [0.2, 0.25) is 14.9 Å². The quantitative estimate of drug-likeness (QED) is 0.462. The van der Waals surface area contributed by atoms with Gasteiger partial charge in [0.1, 0.15) is 5.58 Å². The Kier molecular flexibility index (Phi) is 2.93. The predicted octanol–water partition coefficient (Wildman–Crippen LogP) is 4.17. The van der Waals surface area contributed by atoms with Crippen molar-refractivity contribution in [3.05, 3.63) is 52.3 Å². The summed E-state index contributed by atoms with van der Waals surface area (Å²) in [7, 11) is 0. The molecule has 0 aliphatic rings. The fourth-order valence-corrected chi connectivity index (χ4v) is 2.22. The van der Waals surface area contributed by atoms with Crippen molar-refractivity contribution in [2.75, 3.05) is 0 Å². The lowest BCUT2D eigenvalue weighted by molar-refractivity contribution is 0.644. The summed E-state index contributed by atoms with van der Waals surface area (Å²) in [5, 5.41) is 0.857. The highest BCUT2D eigenvalue weighted by Crippen LogP contribution is 2.39. The van der Waals surface area contributed by atoms with E-state index in [1.807, 2.05) is 0 Å². The summed E-state index contributed by atoms with van der Waals surface area (Å²) in [5.74, 6) is 0. The largest absolute Gasteiger partial charge is 0.437 e. The lowest BCUT2D eigenvalue weighted by atomic mass is 10.1. The molecular weight excluding hydrogens is 309 g/mol. The van der Waals surface area contributed by atoms with Gasteiger partial charge in [-0.2, -0.15) is 0 Å². The van der Waals surface area contributed by atoms with Crippen LogP contribution < -0.4 is 5.43 Å². The molecule has 0 N–H and O–H groups in total. The van der Waals surface area contributed by atoms with Crippen LogP contribution in [-0.2, 0) is 3.79 Å². The molecule has 3 nitrogen and oxygen atoms in total. The molecular formula is C13H6Cl3NO2. The predicted molar refractivity (Wildman–Crippen MR) is 77.0 cm³/mol. The molecule has 0 bridgehead atoms. The van der Waals surface area contributed by atoms with Crippen molar-refractivity contribution in [1.29, 1.82) is 0 Å². The third-order valence-electron chi connectivity index (χ3n) is 2.78. The second-order valence-corrected chi connectivity index (χ2v) is 6.28. The maximum Gasteiger partial charge on any atom is 0.230 e. The number of hydrogen-bond donors (Lipinski definition) is 0. The van der Waals surface area contributed by atoms with Crippen LogP contribution in [-0.4, -0.2) is 4.98 Å². The molecule has 2 heterocycles. The molecule has 19 heavy (non-hydrogen) atoms. The van der Waals surface area contributed by atoms with Gasteiger partial charge >= 0.3 is 0 Å². The molecule has 0 amide bonds. The molecule has 96 valence electrons. The monoisotopic (exact) mass is 313 g/mol. The van der Waals surface area contributed by atoms with E-state index in [1.165, 1.54) is 6.07 Å². The lowest BCUT2D eigenvalue weighted by Crippen LogP contribution is -2.05. The highest BCUT2D eigenvalue weighted by molar-refractivity contribution is 6.66. The second-order valence-electron chi connectivity index (χ2n) is 4.00. The number of hydrogen-bond acceptors (Lipinski definition) is 3. The molecule has 2 aromatic heterocycles. The van der Waals surface area contributed by atoms with Crippen LogP contribution in [0.5, 0.6) is 0 Å². The summed E-state index contributed by atoms with van der Waals surface area (Å²) in [5.41, 5.74) is 0.894. The van der Waals surface area contributed by atoms with Crippen LogP contribution in [0.2, 0.25) is 0 Å². The first-order valence-electron chi connectivity index (χ1n) is 5.35. The topological polar surface area (TPSA) is 43.1 Å². The van der Waals surface area contributed by atoms with Gasteiger partial charge in [0, 0.05) is 11.8 Å². The standard InChI is InChI=1S/C13H6Cl3NO2/c14-13(15,16)7-3-4-8-10(6-7)19-12-9(11(8)18)2-1-5-17-12/h1-6H. The Morgan fingerprint density at radius 3 is 2.63 bits per heavy atom. The summed E-state index contributed by atoms with van der Waals surface area (Å²) in [6.07, 6.45) is 1.55. The summed E-state index contributed by atoms with van der Waals surface area (Å²) >= 11 is 17.4. The van der Waals surface area contributed by atoms with Gasteiger partial charge in [-0.05, 0) is 24.3 Å². The van der Waals surface area contributed by atoms with E-state index < -0.39 is 3.79 Å². The zero-order valence-electron chi connectivity index (χ0n) is 9.36. The van der Waals surface area contributed by atoms with E-state index >= 15 is 0 Å². The van der Waals surface area contributed by atoms with Gasteiger partial charge in [0.05, 0.1) is 10.8 Å². The Morgan fingerprint density at radius 1 is 1.11 bits per heavy atom. The van der Waals surface area contributed by atoms with Crippen LogP contribution in [0.25, 0.3) is 22.1 Å². The van der Waals surface area contributed by atoms with E-state index in [1.54, 1.807) is 30.5 Å². The summed E-state index contributed by atoms with van der Waals surface area (Å²) < 4.78 is 4.01. The van der Waals surface area contributed by atoms with Gasteiger partial charge in [0.15, 0.2) is 0 Å². The molecule has 0 radical (unpaired) electrons. The van der Waals surface area contributed by atoms with Crippen LogP contribution in [0.1, 0.15) is 5.56 Å². The van der Waals surface area contributed by atoms with Gasteiger partial charge in [0.25, 0.3) is 0 Å². The molecule has 1 aromatic carbocycles. The summed E-state index contributed by atoms with van der Waals surface area (Å²) in [4.78, 5) is 16.3. The van der Waals surface area contributed by atoms with Crippen LogP contribution in [0.15, 0.2) is 45.7 Å². The average molecular weight is 315 g/mol. The molecule has 0 aliphatic carbocycles. The third kappa shape index (κ3) is 2.18. The first-order valence-corrected chi connectivity index (χ1v) is 6.49. The van der Waals surface area contributed by atoms with Gasteiger partial charge in [-0.3, -0.25) is 4.79 Å². The Morgan fingerprint density at radius 2 is 1.89 bits per heavy atom. The molecule has 0 saturated carbocycles. The zero-order valence-corrected chi connectivity index (χ0v) is 11.6. The maximum atomic E-state index is 12.2. The molecule has 0 aliphatic heterocycles. The van der Waals surface area contributed by atoms with E-state index in [0.717, 1.165) is 0 Å². The number of aromatic nitrogens is 1. The Bertz CT molecular complexity index is 837. The molecule has 0 saturated heterocycles. The van der Waals surface area contributed by atoms with Gasteiger partial charge in [-0.25, -0.2) is 4.98 Å². The smallest absolute Gasteiger partial charge is 0.230 e. The molecule has 3 rings (SSSR count). The van der Waals surface area contributed by atoms with Crippen molar-refractivity contribution in [3.63, 3.8) is 0 Å². The minimum Gasteiger partial charge on any atom is -0.437 e. The van der Waals surface area contributed by atoms with Gasteiger partial charge < -0.3 is 4.42 Å². The first-order chi connectivity index (χ1) is 8.97. The normalized spacial score (nSPS) is 12.2. The van der Waals surface area contributed by atoms with Gasteiger partial charge in [-0.15, -0.1) is 0 Å². The summed E-state index contributed by atoms with van der Waals surface area (Å²) in [6.45, 7) is 0. The van der Waals surface area contributed by atoms with E-state index in [-0.39, 0.29) is 11.1 Å². The molecule has 3 aromatic rings. The van der Waals surface area contributed by atoms with Crippen molar-refractivity contribution in [1.82, 2.24) is 4.98 Å². The van der Waals surface area contributed by atoms with Crippen molar-refractivity contribution in [2.45, 2.75) is 3.79 Å². The molecule has 0 fully saturated rings. The average Bonchev–Trinajstić information content (AvgIpc) is 2.37. The molecule has 0 unspecified atom stereocenters. The van der Waals surface area contributed by atoms with Crippen LogP contribution in [0.4, 0.5) is 0 Å². The SMILES string of the molecule is O=c1c2ccc(C(Cl)(Cl)Cl)cc2oc2ncccc12. The number of benzene rings is 1. The first kappa shape index (κ1) is 12.7. The van der Waals surface area contributed by atoms with Crippen molar-refractivity contribution in [3.8, 4) is 0 Å². The van der Waals surface area contributed by atoms with Crippen LogP contribution in [0.3, 0.4) is 0 Å². The molecule has 6 heteroatoms. The minimum atomic E-state index is -1.56. The van der Waals surface area contributed by atoms with E-state index in [2.05, 4.69) is 4.98 Å². The third-order valence-corrected chi connectivity index (χ3v) is 3.43. The molecule has 0 spiro atoms. The zero-order chi connectivity index (χ0) is 13.6. The van der Waals surface area contributed by atoms with Crippen LogP contribution in [0, 0.1) is 0 Å². The van der Waals surface area contributed by atoms with E-state index in [0.29, 0.717) is 21.9 Å². The maximum absolute atomic E-state index is 12.2. The van der Waals surface area contributed by atoms with Crippen molar-refractivity contribution in [2.24, 2.45) is 0 Å². The number of alkyl halides is 3. The van der Waals surface area contributed by atoms with E-state index in [4.69, 9.17) is 39.2 Å². The highest BCUT2D eigenvalue weighted by Gasteiger charge is 2.23. The fraction of sp³-hybridized carbons (Fsp3) is 0.0769. The Labute approximate surface area is 122 Å². The second kappa shape index (κ2) is 4.37. The van der Waals surface area contributed by atoms with Gasteiger partial charge in [-0.1, -0.05) is 40.9 Å². The fourth-order valence-electron chi connectivity index (χ4n) is 1.86. The van der Waals surface area contributed by atoms with E-state index in [9.17, 15) is 4.79 Å².